The summed E-state index contributed by atoms with van der Waals surface area (Å²) in [5.74, 6) is -1.35. The second-order valence-corrected chi connectivity index (χ2v) is 3.74. The van der Waals surface area contributed by atoms with Crippen LogP contribution in [0.1, 0.15) is 31.4 Å². The van der Waals surface area contributed by atoms with Crippen molar-refractivity contribution in [1.82, 2.24) is 5.32 Å². The number of rotatable bonds is 4. The first kappa shape index (κ1) is 12.3. The zero-order chi connectivity index (χ0) is 12.3. The molecule has 1 aromatic heterocycles. The Morgan fingerprint density at radius 3 is 2.44 bits per heavy atom. The zero-order valence-electron chi connectivity index (χ0n) is 9.48. The Balaban J connectivity index is 2.61. The number of hydrogen-bond acceptors (Lipinski definition) is 3. The van der Waals surface area contributed by atoms with Crippen molar-refractivity contribution in [3.05, 3.63) is 23.7 Å². The van der Waals surface area contributed by atoms with Gasteiger partial charge in [0.25, 0.3) is 0 Å². The van der Waals surface area contributed by atoms with Gasteiger partial charge in [-0.15, -0.1) is 0 Å². The summed E-state index contributed by atoms with van der Waals surface area (Å²) in [6.07, 6.45) is 0. The second-order valence-electron chi connectivity index (χ2n) is 3.74. The van der Waals surface area contributed by atoms with Crippen molar-refractivity contribution >= 4 is 11.9 Å². The quantitative estimate of drug-likeness (QED) is 0.761. The molecule has 1 amide bonds. The van der Waals surface area contributed by atoms with E-state index in [1.807, 2.05) is 0 Å². The van der Waals surface area contributed by atoms with Crippen LogP contribution < -0.4 is 5.32 Å². The van der Waals surface area contributed by atoms with E-state index in [1.165, 1.54) is 6.92 Å². The fraction of sp³-hybridized carbons (Fsp3) is 0.455. The number of furan rings is 1. The molecule has 0 radical (unpaired) electrons. The van der Waals surface area contributed by atoms with Gasteiger partial charge in [-0.05, 0) is 32.9 Å². The topological polar surface area (TPSA) is 79.5 Å². The lowest BCUT2D eigenvalue weighted by molar-refractivity contribution is -0.146. The van der Waals surface area contributed by atoms with Gasteiger partial charge in [0, 0.05) is 0 Å². The molecule has 0 fully saturated rings. The molecule has 0 aliphatic heterocycles. The highest BCUT2D eigenvalue weighted by Gasteiger charge is 2.22. The van der Waals surface area contributed by atoms with E-state index >= 15 is 0 Å². The summed E-state index contributed by atoms with van der Waals surface area (Å²) in [5.41, 5.74) is 0. The minimum Gasteiger partial charge on any atom is -0.481 e. The number of aryl methyl sites for hydroxylation is 1. The number of nitrogens with one attached hydrogen (secondary N) is 1. The van der Waals surface area contributed by atoms with Gasteiger partial charge in [-0.1, -0.05) is 0 Å². The highest BCUT2D eigenvalue weighted by atomic mass is 16.4. The van der Waals surface area contributed by atoms with Crippen molar-refractivity contribution in [3.63, 3.8) is 0 Å². The third kappa shape index (κ3) is 2.85. The van der Waals surface area contributed by atoms with Crippen LogP contribution in [0.5, 0.6) is 0 Å². The average Bonchev–Trinajstić information content (AvgIpc) is 2.63. The lowest BCUT2D eigenvalue weighted by Gasteiger charge is -2.13. The van der Waals surface area contributed by atoms with E-state index in [-0.39, 0.29) is 6.04 Å². The Morgan fingerprint density at radius 1 is 1.38 bits per heavy atom. The molecule has 1 aromatic rings. The van der Waals surface area contributed by atoms with Crippen molar-refractivity contribution < 1.29 is 19.1 Å². The third-order valence-corrected chi connectivity index (χ3v) is 2.31. The van der Waals surface area contributed by atoms with Gasteiger partial charge in [-0.3, -0.25) is 9.59 Å². The molecule has 5 nitrogen and oxygen atoms in total. The van der Waals surface area contributed by atoms with Gasteiger partial charge in [0.15, 0.2) is 0 Å². The van der Waals surface area contributed by atoms with Gasteiger partial charge < -0.3 is 14.8 Å². The normalized spacial score (nSPS) is 14.2. The molecule has 0 bridgehead atoms. The molecule has 0 aliphatic carbocycles. The van der Waals surface area contributed by atoms with Crippen LogP contribution in [0.25, 0.3) is 0 Å². The van der Waals surface area contributed by atoms with E-state index in [0.717, 1.165) is 5.76 Å². The van der Waals surface area contributed by atoms with Gasteiger partial charge in [-0.2, -0.15) is 0 Å². The first-order valence-corrected chi connectivity index (χ1v) is 5.01. The molecule has 1 heterocycles. The molecule has 2 unspecified atom stereocenters. The molecule has 0 aliphatic rings. The fourth-order valence-corrected chi connectivity index (χ4v) is 1.21. The summed E-state index contributed by atoms with van der Waals surface area (Å²) in [4.78, 5) is 22.0. The van der Waals surface area contributed by atoms with Crippen molar-refractivity contribution in [2.24, 2.45) is 5.92 Å². The Hall–Kier alpha value is -1.78. The van der Waals surface area contributed by atoms with Gasteiger partial charge in [0.05, 0.1) is 6.04 Å². The van der Waals surface area contributed by atoms with Crippen LogP contribution in [0.4, 0.5) is 0 Å². The summed E-state index contributed by atoms with van der Waals surface area (Å²) >= 11 is 0. The Bertz CT molecular complexity index is 396. The van der Waals surface area contributed by atoms with Crippen molar-refractivity contribution in [2.45, 2.75) is 26.8 Å². The number of carboxylic acid groups (broad SMARTS) is 1. The van der Waals surface area contributed by atoms with Crippen LogP contribution in [0.15, 0.2) is 16.5 Å². The minimum atomic E-state index is -1.14. The summed E-state index contributed by atoms with van der Waals surface area (Å²) < 4.78 is 5.32. The zero-order valence-corrected chi connectivity index (χ0v) is 9.48. The lowest BCUT2D eigenvalue weighted by atomic mass is 10.1. The molecule has 5 heteroatoms. The van der Waals surface area contributed by atoms with Crippen molar-refractivity contribution in [2.75, 3.05) is 0 Å². The first-order valence-electron chi connectivity index (χ1n) is 5.01. The van der Waals surface area contributed by atoms with E-state index in [9.17, 15) is 9.59 Å². The summed E-state index contributed by atoms with van der Waals surface area (Å²) in [7, 11) is 0. The molecule has 0 aromatic carbocycles. The van der Waals surface area contributed by atoms with E-state index in [0.29, 0.717) is 5.76 Å². The first-order chi connectivity index (χ1) is 7.41. The molecule has 0 spiro atoms. The summed E-state index contributed by atoms with van der Waals surface area (Å²) in [6, 6.07) is 3.22. The van der Waals surface area contributed by atoms with Gasteiger partial charge in [0.1, 0.15) is 17.4 Å². The van der Waals surface area contributed by atoms with Crippen LogP contribution in [-0.4, -0.2) is 17.0 Å². The maximum atomic E-state index is 11.4. The van der Waals surface area contributed by atoms with Gasteiger partial charge in [-0.25, -0.2) is 0 Å². The molecular weight excluding hydrogens is 210 g/mol. The van der Waals surface area contributed by atoms with E-state index in [2.05, 4.69) is 5.32 Å². The van der Waals surface area contributed by atoms with Crippen molar-refractivity contribution in [3.8, 4) is 0 Å². The molecule has 0 saturated carbocycles. The SMILES string of the molecule is Cc1ccc(C(C)NC(=O)C(C)C(=O)O)o1. The summed E-state index contributed by atoms with van der Waals surface area (Å²) in [6.45, 7) is 4.89. The molecule has 0 saturated heterocycles. The highest BCUT2D eigenvalue weighted by molar-refractivity contribution is 5.96. The number of carboxylic acids is 1. The number of aliphatic carboxylic acids is 1. The predicted molar refractivity (Wildman–Crippen MR) is 56.8 cm³/mol. The molecule has 2 N–H and O–H groups in total. The Kier molecular flexibility index (Phi) is 3.71. The number of hydrogen-bond donors (Lipinski definition) is 2. The summed E-state index contributed by atoms with van der Waals surface area (Å²) in [5, 5.41) is 11.2. The third-order valence-electron chi connectivity index (χ3n) is 2.31. The molecule has 88 valence electrons. The van der Waals surface area contributed by atoms with E-state index < -0.39 is 17.8 Å². The molecular formula is C11H15NO4. The van der Waals surface area contributed by atoms with Crippen LogP contribution in [0.2, 0.25) is 0 Å². The second kappa shape index (κ2) is 4.83. The Morgan fingerprint density at radius 2 is 2.00 bits per heavy atom. The highest BCUT2D eigenvalue weighted by Crippen LogP contribution is 2.15. The van der Waals surface area contributed by atoms with E-state index in [4.69, 9.17) is 9.52 Å². The smallest absolute Gasteiger partial charge is 0.315 e. The standard InChI is InChI=1S/C11H15NO4/c1-6-4-5-9(16-6)8(3)12-10(13)7(2)11(14)15/h4-5,7-8H,1-3H3,(H,12,13)(H,14,15). The Labute approximate surface area is 93.4 Å². The lowest BCUT2D eigenvalue weighted by Crippen LogP contribution is -2.35. The number of amides is 1. The van der Waals surface area contributed by atoms with Gasteiger partial charge >= 0.3 is 5.97 Å². The molecule has 16 heavy (non-hydrogen) atoms. The van der Waals surface area contributed by atoms with E-state index in [1.54, 1.807) is 26.0 Å². The molecule has 1 rings (SSSR count). The predicted octanol–water partition coefficient (Wildman–Crippen LogP) is 1.49. The molecule has 2 atom stereocenters. The van der Waals surface area contributed by atoms with Crippen LogP contribution >= 0.6 is 0 Å². The van der Waals surface area contributed by atoms with Crippen molar-refractivity contribution in [1.29, 1.82) is 0 Å². The van der Waals surface area contributed by atoms with Crippen LogP contribution in [0, 0.1) is 12.8 Å². The van der Waals surface area contributed by atoms with Gasteiger partial charge in [0.2, 0.25) is 5.91 Å². The maximum absolute atomic E-state index is 11.4. The largest absolute Gasteiger partial charge is 0.481 e. The van der Waals surface area contributed by atoms with Crippen LogP contribution in [-0.2, 0) is 9.59 Å². The maximum Gasteiger partial charge on any atom is 0.315 e. The average molecular weight is 225 g/mol. The van der Waals surface area contributed by atoms with Crippen LogP contribution in [0.3, 0.4) is 0 Å². The fourth-order valence-electron chi connectivity index (χ4n) is 1.21. The number of carbonyl (C=O) groups excluding carboxylic acids is 1. The monoisotopic (exact) mass is 225 g/mol. The minimum absolute atomic E-state index is 0.331. The number of carbonyl (C=O) groups is 2.